The lowest BCUT2D eigenvalue weighted by Crippen LogP contribution is -2.41. The van der Waals surface area contributed by atoms with Crippen LogP contribution in [0.25, 0.3) is 33.3 Å². The van der Waals surface area contributed by atoms with Gasteiger partial charge in [0.25, 0.3) is 0 Å². The molecule has 0 atom stereocenters. The second-order valence-electron chi connectivity index (χ2n) is 10.4. The second-order valence-corrected chi connectivity index (χ2v) is 10.8. The van der Waals surface area contributed by atoms with E-state index >= 15 is 0 Å². The molecular formula is C29H29ClN8O3. The van der Waals surface area contributed by atoms with Gasteiger partial charge in [0.15, 0.2) is 5.65 Å². The van der Waals surface area contributed by atoms with E-state index in [4.69, 9.17) is 16.3 Å². The van der Waals surface area contributed by atoms with Crippen LogP contribution in [0.5, 0.6) is 0 Å². The maximum absolute atomic E-state index is 13.6. The summed E-state index contributed by atoms with van der Waals surface area (Å²) < 4.78 is 9.25. The second kappa shape index (κ2) is 10.6. The predicted octanol–water partition coefficient (Wildman–Crippen LogP) is 3.49. The summed E-state index contributed by atoms with van der Waals surface area (Å²) in [6.45, 7) is 3.97. The van der Waals surface area contributed by atoms with Gasteiger partial charge in [-0.25, -0.2) is 19.7 Å². The summed E-state index contributed by atoms with van der Waals surface area (Å²) in [5, 5.41) is 1.50. The van der Waals surface area contributed by atoms with Crippen LogP contribution in [0.2, 0.25) is 5.02 Å². The number of aromatic amines is 1. The number of ether oxygens (including phenoxy) is 1. The van der Waals surface area contributed by atoms with Crippen molar-refractivity contribution in [2.75, 3.05) is 44.3 Å². The Bertz CT molecular complexity index is 1800. The number of imidazole rings is 1. The Labute approximate surface area is 240 Å². The molecule has 5 aromatic rings. The third kappa shape index (κ3) is 4.64. The first kappa shape index (κ1) is 25.7. The summed E-state index contributed by atoms with van der Waals surface area (Å²) in [6, 6.07) is 11.4. The van der Waals surface area contributed by atoms with Gasteiger partial charge in [0.1, 0.15) is 24.3 Å². The third-order valence-electron chi connectivity index (χ3n) is 8.09. The van der Waals surface area contributed by atoms with Crippen molar-refractivity contribution in [3.63, 3.8) is 0 Å². The molecule has 2 aliphatic heterocycles. The van der Waals surface area contributed by atoms with Crippen LogP contribution in [-0.4, -0.2) is 79.3 Å². The highest BCUT2D eigenvalue weighted by molar-refractivity contribution is 6.33. The van der Waals surface area contributed by atoms with Crippen molar-refractivity contribution in [1.29, 1.82) is 0 Å². The SMILES string of the molecule is O=C(Cn1cc(-c2ccccc2Cl)c2c(N3CCOCC3)ncnc21)N1CCC(n2c(=O)[nH]c3ncccc32)CC1. The summed E-state index contributed by atoms with van der Waals surface area (Å²) in [7, 11) is 0. The number of aromatic nitrogens is 6. The highest BCUT2D eigenvalue weighted by Crippen LogP contribution is 2.38. The molecule has 12 heteroatoms. The highest BCUT2D eigenvalue weighted by Gasteiger charge is 2.28. The molecule has 0 bridgehead atoms. The monoisotopic (exact) mass is 572 g/mol. The molecule has 6 heterocycles. The number of halogens is 1. The lowest BCUT2D eigenvalue weighted by Gasteiger charge is -2.32. The number of amides is 1. The molecule has 0 radical (unpaired) electrons. The van der Waals surface area contributed by atoms with Gasteiger partial charge in [-0.2, -0.15) is 0 Å². The first-order valence-corrected chi connectivity index (χ1v) is 14.2. The molecule has 1 aromatic carbocycles. The van der Waals surface area contributed by atoms with Crippen LogP contribution in [0.1, 0.15) is 18.9 Å². The minimum atomic E-state index is -0.162. The van der Waals surface area contributed by atoms with E-state index in [1.165, 1.54) is 0 Å². The van der Waals surface area contributed by atoms with Crippen molar-refractivity contribution in [2.24, 2.45) is 0 Å². The number of piperidine rings is 1. The number of H-pyrrole nitrogens is 1. The number of pyridine rings is 1. The van der Waals surface area contributed by atoms with E-state index in [9.17, 15) is 9.59 Å². The molecule has 2 fully saturated rings. The molecule has 0 saturated carbocycles. The average molecular weight is 573 g/mol. The molecule has 41 heavy (non-hydrogen) atoms. The summed E-state index contributed by atoms with van der Waals surface area (Å²) in [6.07, 6.45) is 6.57. The van der Waals surface area contributed by atoms with Gasteiger partial charge in [0.05, 0.1) is 24.1 Å². The van der Waals surface area contributed by atoms with Crippen LogP contribution < -0.4 is 10.6 Å². The molecule has 2 aliphatic rings. The Balaban J connectivity index is 1.17. The number of fused-ring (bicyclic) bond motifs is 2. The van der Waals surface area contributed by atoms with Gasteiger partial charge >= 0.3 is 5.69 Å². The molecule has 2 saturated heterocycles. The number of likely N-dealkylation sites (tertiary alicyclic amines) is 1. The fraction of sp³-hybridized carbons (Fsp3) is 0.345. The summed E-state index contributed by atoms with van der Waals surface area (Å²) in [4.78, 5) is 46.7. The van der Waals surface area contributed by atoms with E-state index in [0.29, 0.717) is 55.5 Å². The molecule has 7 rings (SSSR count). The Hall–Kier alpha value is -4.22. The topological polar surface area (TPSA) is 114 Å². The number of nitrogens with one attached hydrogen (secondary N) is 1. The van der Waals surface area contributed by atoms with Crippen LogP contribution in [0.3, 0.4) is 0 Å². The van der Waals surface area contributed by atoms with Crippen LogP contribution in [0, 0.1) is 0 Å². The number of carbonyl (C=O) groups excluding carboxylic acids is 1. The van der Waals surface area contributed by atoms with Crippen molar-refractivity contribution in [3.05, 3.63) is 70.6 Å². The first-order chi connectivity index (χ1) is 20.1. The zero-order valence-electron chi connectivity index (χ0n) is 22.4. The number of rotatable bonds is 5. The van der Waals surface area contributed by atoms with E-state index in [-0.39, 0.29) is 24.2 Å². The summed E-state index contributed by atoms with van der Waals surface area (Å²) in [5.74, 6) is 0.824. The van der Waals surface area contributed by atoms with Crippen LogP contribution in [-0.2, 0) is 16.1 Å². The fourth-order valence-electron chi connectivity index (χ4n) is 6.07. The van der Waals surface area contributed by atoms with Gasteiger partial charge in [-0.15, -0.1) is 0 Å². The normalized spacial score (nSPS) is 16.6. The molecular weight excluding hydrogens is 544 g/mol. The lowest BCUT2D eigenvalue weighted by molar-refractivity contribution is -0.133. The van der Waals surface area contributed by atoms with Crippen molar-refractivity contribution >= 4 is 45.5 Å². The van der Waals surface area contributed by atoms with Crippen LogP contribution in [0.4, 0.5) is 5.82 Å². The number of carbonyl (C=O) groups is 1. The van der Waals surface area contributed by atoms with Gasteiger partial charge in [0, 0.05) is 60.8 Å². The molecule has 0 aliphatic carbocycles. The van der Waals surface area contributed by atoms with E-state index in [1.54, 1.807) is 17.1 Å². The van der Waals surface area contributed by atoms with Gasteiger partial charge in [0.2, 0.25) is 5.91 Å². The summed E-state index contributed by atoms with van der Waals surface area (Å²) in [5.41, 5.74) is 3.68. The van der Waals surface area contributed by atoms with Crippen LogP contribution >= 0.6 is 11.6 Å². The molecule has 0 unspecified atom stereocenters. The number of nitrogens with zero attached hydrogens (tertiary/aromatic N) is 7. The fourth-order valence-corrected chi connectivity index (χ4v) is 6.30. The van der Waals surface area contributed by atoms with Crippen molar-refractivity contribution in [2.45, 2.75) is 25.4 Å². The maximum atomic E-state index is 13.6. The molecule has 1 N–H and O–H groups in total. The van der Waals surface area contributed by atoms with Crippen molar-refractivity contribution in [1.82, 2.24) is 34.0 Å². The zero-order valence-corrected chi connectivity index (χ0v) is 23.1. The maximum Gasteiger partial charge on any atom is 0.327 e. The minimum absolute atomic E-state index is 0.00512. The van der Waals surface area contributed by atoms with E-state index in [1.807, 2.05) is 52.1 Å². The molecule has 11 nitrogen and oxygen atoms in total. The average Bonchev–Trinajstić information content (AvgIpc) is 3.54. The number of hydrogen-bond donors (Lipinski definition) is 1. The van der Waals surface area contributed by atoms with Crippen molar-refractivity contribution < 1.29 is 9.53 Å². The standard InChI is InChI=1S/C29H29ClN8O3/c30-22-5-2-1-4-20(22)21-16-37(28-25(21)27(32-18-33-28)36-12-14-41-15-13-36)17-24(39)35-10-7-19(8-11-35)38-23-6-3-9-31-26(23)34-29(38)40/h1-6,9,16,18-19H,7-8,10-15,17H2,(H,31,34,40). The summed E-state index contributed by atoms with van der Waals surface area (Å²) >= 11 is 6.65. The Morgan fingerprint density at radius 3 is 2.61 bits per heavy atom. The quantitative estimate of drug-likeness (QED) is 0.343. The lowest BCUT2D eigenvalue weighted by atomic mass is 10.0. The first-order valence-electron chi connectivity index (χ1n) is 13.8. The number of anilines is 1. The van der Waals surface area contributed by atoms with E-state index < -0.39 is 0 Å². The van der Waals surface area contributed by atoms with Gasteiger partial charge in [-0.05, 0) is 31.0 Å². The Morgan fingerprint density at radius 2 is 1.80 bits per heavy atom. The predicted molar refractivity (Wildman–Crippen MR) is 156 cm³/mol. The third-order valence-corrected chi connectivity index (χ3v) is 8.42. The number of benzene rings is 1. The molecule has 0 spiro atoms. The number of morpholine rings is 1. The van der Waals surface area contributed by atoms with Gasteiger partial charge in [-0.3, -0.25) is 14.3 Å². The van der Waals surface area contributed by atoms with Gasteiger partial charge in [-0.1, -0.05) is 29.8 Å². The van der Waals surface area contributed by atoms with Crippen molar-refractivity contribution in [3.8, 4) is 11.1 Å². The minimum Gasteiger partial charge on any atom is -0.378 e. The molecule has 4 aromatic heterocycles. The smallest absolute Gasteiger partial charge is 0.327 e. The zero-order chi connectivity index (χ0) is 27.9. The Kier molecular flexibility index (Phi) is 6.68. The van der Waals surface area contributed by atoms with E-state index in [2.05, 4.69) is 24.8 Å². The highest BCUT2D eigenvalue weighted by atomic mass is 35.5. The molecule has 210 valence electrons. The van der Waals surface area contributed by atoms with E-state index in [0.717, 1.165) is 40.9 Å². The number of hydrogen-bond acceptors (Lipinski definition) is 7. The largest absolute Gasteiger partial charge is 0.378 e. The Morgan fingerprint density at radius 1 is 1.00 bits per heavy atom. The van der Waals surface area contributed by atoms with Gasteiger partial charge < -0.3 is 19.1 Å². The molecule has 1 amide bonds. The van der Waals surface area contributed by atoms with Crippen LogP contribution in [0.15, 0.2) is 59.9 Å².